The number of pyridine rings is 1. The first-order chi connectivity index (χ1) is 15.2. The predicted molar refractivity (Wildman–Crippen MR) is 116 cm³/mol. The Morgan fingerprint density at radius 1 is 1.06 bits per heavy atom. The normalized spacial score (nSPS) is 15.3. The summed E-state index contributed by atoms with van der Waals surface area (Å²) in [6, 6.07) is 17.7. The van der Waals surface area contributed by atoms with E-state index in [0.717, 1.165) is 11.1 Å². The Hall–Kier alpha value is -3.93. The molecule has 0 spiro atoms. The molecule has 0 saturated heterocycles. The van der Waals surface area contributed by atoms with Crippen molar-refractivity contribution in [1.82, 2.24) is 9.88 Å². The third-order valence-corrected chi connectivity index (χ3v) is 5.43. The smallest absolute Gasteiger partial charge is 0.291 e. The molecule has 31 heavy (non-hydrogen) atoms. The van der Waals surface area contributed by atoms with Gasteiger partial charge in [0.1, 0.15) is 11.3 Å². The summed E-state index contributed by atoms with van der Waals surface area (Å²) in [5.41, 5.74) is 2.24. The van der Waals surface area contributed by atoms with Gasteiger partial charge in [-0.1, -0.05) is 30.3 Å². The minimum Gasteiger partial charge on any atom is -0.494 e. The lowest BCUT2D eigenvalue weighted by atomic mass is 9.98. The second kappa shape index (κ2) is 7.72. The van der Waals surface area contributed by atoms with Crippen molar-refractivity contribution in [3.8, 4) is 5.75 Å². The molecule has 0 aliphatic carbocycles. The molecule has 1 amide bonds. The fourth-order valence-electron chi connectivity index (χ4n) is 4.11. The van der Waals surface area contributed by atoms with Crippen LogP contribution >= 0.6 is 0 Å². The molecule has 0 radical (unpaired) electrons. The lowest BCUT2D eigenvalue weighted by Crippen LogP contribution is -2.29. The third-order valence-electron chi connectivity index (χ3n) is 5.43. The molecule has 1 aliphatic rings. The number of benzene rings is 2. The molecule has 6 heteroatoms. The molecule has 4 aromatic rings. The maximum Gasteiger partial charge on any atom is 0.291 e. The van der Waals surface area contributed by atoms with Crippen molar-refractivity contribution >= 4 is 16.9 Å². The zero-order chi connectivity index (χ0) is 21.4. The lowest BCUT2D eigenvalue weighted by molar-refractivity contribution is 0.0714. The van der Waals surface area contributed by atoms with Crippen LogP contribution in [0, 0.1) is 0 Å². The molecule has 3 heterocycles. The van der Waals surface area contributed by atoms with Crippen LogP contribution in [0.5, 0.6) is 5.75 Å². The van der Waals surface area contributed by atoms with Crippen molar-refractivity contribution in [2.24, 2.45) is 0 Å². The van der Waals surface area contributed by atoms with Gasteiger partial charge in [0.05, 0.1) is 23.6 Å². The van der Waals surface area contributed by atoms with Crippen molar-refractivity contribution in [3.05, 3.63) is 106 Å². The summed E-state index contributed by atoms with van der Waals surface area (Å²) in [6.45, 7) is 2.74. The molecule has 0 fully saturated rings. The Balaban J connectivity index is 1.71. The molecular formula is C25H20N2O4. The van der Waals surface area contributed by atoms with Crippen molar-refractivity contribution in [2.45, 2.75) is 19.5 Å². The fourth-order valence-corrected chi connectivity index (χ4v) is 4.11. The number of carbonyl (C=O) groups is 1. The molecule has 1 aliphatic heterocycles. The first-order valence-electron chi connectivity index (χ1n) is 10.2. The second-order valence-electron chi connectivity index (χ2n) is 7.37. The second-order valence-corrected chi connectivity index (χ2v) is 7.37. The van der Waals surface area contributed by atoms with Crippen LogP contribution in [0.15, 0.2) is 82.3 Å². The average Bonchev–Trinajstić information content (AvgIpc) is 3.07. The SMILES string of the molecule is CCOc1cccc(C2c3c(oc4ccccc4c3=O)C(=O)N2Cc2cccnc2)c1. The molecule has 1 atom stereocenters. The van der Waals surface area contributed by atoms with E-state index in [1.165, 1.54) is 0 Å². The molecule has 2 aromatic heterocycles. The standard InChI is InChI=1S/C25H20N2O4/c1-2-30-18-9-5-8-17(13-18)22-21-23(28)19-10-3-4-11-20(19)31-24(21)25(29)27(22)15-16-7-6-12-26-14-16/h3-14,22H,2,15H2,1H3. The van der Waals surface area contributed by atoms with E-state index < -0.39 is 6.04 Å². The number of aromatic nitrogens is 1. The van der Waals surface area contributed by atoms with Crippen LogP contribution in [0.1, 0.15) is 40.2 Å². The number of para-hydroxylation sites is 1. The Morgan fingerprint density at radius 2 is 1.94 bits per heavy atom. The number of fused-ring (bicyclic) bond motifs is 2. The first kappa shape index (κ1) is 19.1. The van der Waals surface area contributed by atoms with Gasteiger partial charge < -0.3 is 14.1 Å². The summed E-state index contributed by atoms with van der Waals surface area (Å²) in [7, 11) is 0. The summed E-state index contributed by atoms with van der Waals surface area (Å²) in [6.07, 6.45) is 3.40. The quantitative estimate of drug-likeness (QED) is 0.488. The minimum atomic E-state index is -0.580. The van der Waals surface area contributed by atoms with E-state index >= 15 is 0 Å². The van der Waals surface area contributed by atoms with Gasteiger partial charge in [-0.15, -0.1) is 0 Å². The Labute approximate surface area is 178 Å². The summed E-state index contributed by atoms with van der Waals surface area (Å²) in [4.78, 5) is 32.7. The van der Waals surface area contributed by atoms with Crippen LogP contribution in [0.3, 0.4) is 0 Å². The van der Waals surface area contributed by atoms with Crippen molar-refractivity contribution in [2.75, 3.05) is 6.61 Å². The monoisotopic (exact) mass is 412 g/mol. The third kappa shape index (κ3) is 3.26. The van der Waals surface area contributed by atoms with E-state index in [2.05, 4.69) is 4.98 Å². The number of hydrogen-bond donors (Lipinski definition) is 0. The van der Waals surface area contributed by atoms with Gasteiger partial charge in [0.2, 0.25) is 5.76 Å². The van der Waals surface area contributed by atoms with E-state index in [1.807, 2.05) is 43.3 Å². The maximum atomic E-state index is 13.5. The van der Waals surface area contributed by atoms with E-state index in [1.54, 1.807) is 41.6 Å². The van der Waals surface area contributed by atoms with E-state index in [0.29, 0.717) is 35.4 Å². The maximum absolute atomic E-state index is 13.5. The Bertz CT molecular complexity index is 1330. The van der Waals surface area contributed by atoms with Crippen LogP contribution in [-0.4, -0.2) is 22.4 Å². The van der Waals surface area contributed by atoms with Crippen LogP contribution in [0.4, 0.5) is 0 Å². The number of nitrogens with zero attached hydrogens (tertiary/aromatic N) is 2. The predicted octanol–water partition coefficient (Wildman–Crippen LogP) is 4.33. The topological polar surface area (TPSA) is 72.6 Å². The van der Waals surface area contributed by atoms with Gasteiger partial charge in [0.15, 0.2) is 5.43 Å². The number of rotatable bonds is 5. The minimum absolute atomic E-state index is 0.0967. The van der Waals surface area contributed by atoms with Gasteiger partial charge in [-0.2, -0.15) is 0 Å². The van der Waals surface area contributed by atoms with Crippen molar-refractivity contribution in [1.29, 1.82) is 0 Å². The summed E-state index contributed by atoms with van der Waals surface area (Å²) in [5, 5.41) is 0.461. The average molecular weight is 412 g/mol. The number of hydrogen-bond acceptors (Lipinski definition) is 5. The Morgan fingerprint density at radius 3 is 2.74 bits per heavy atom. The largest absolute Gasteiger partial charge is 0.494 e. The molecule has 2 aromatic carbocycles. The van der Waals surface area contributed by atoms with Crippen LogP contribution in [0.25, 0.3) is 11.0 Å². The van der Waals surface area contributed by atoms with Crippen molar-refractivity contribution < 1.29 is 13.9 Å². The first-order valence-corrected chi connectivity index (χ1v) is 10.2. The summed E-state index contributed by atoms with van der Waals surface area (Å²) in [5.74, 6) is 0.473. The number of carbonyl (C=O) groups excluding carboxylic acids is 1. The highest BCUT2D eigenvalue weighted by Gasteiger charge is 2.42. The molecular weight excluding hydrogens is 392 g/mol. The van der Waals surface area contributed by atoms with Gasteiger partial charge in [-0.25, -0.2) is 0 Å². The number of amides is 1. The zero-order valence-corrected chi connectivity index (χ0v) is 16.9. The molecule has 0 saturated carbocycles. The highest BCUT2D eigenvalue weighted by molar-refractivity contribution is 5.99. The molecule has 0 N–H and O–H groups in total. The highest BCUT2D eigenvalue weighted by atomic mass is 16.5. The van der Waals surface area contributed by atoms with Gasteiger partial charge in [0, 0.05) is 18.9 Å². The summed E-state index contributed by atoms with van der Waals surface area (Å²) < 4.78 is 11.6. The molecule has 1 unspecified atom stereocenters. The van der Waals surface area contributed by atoms with Crippen LogP contribution in [0.2, 0.25) is 0 Å². The molecule has 6 nitrogen and oxygen atoms in total. The van der Waals surface area contributed by atoms with Gasteiger partial charge in [-0.3, -0.25) is 14.6 Å². The van der Waals surface area contributed by atoms with Crippen molar-refractivity contribution in [3.63, 3.8) is 0 Å². The van der Waals surface area contributed by atoms with E-state index in [-0.39, 0.29) is 17.1 Å². The molecule has 0 bridgehead atoms. The van der Waals surface area contributed by atoms with E-state index in [9.17, 15) is 9.59 Å². The van der Waals surface area contributed by atoms with Crippen LogP contribution in [-0.2, 0) is 6.54 Å². The highest BCUT2D eigenvalue weighted by Crippen LogP contribution is 2.39. The fraction of sp³-hybridized carbons (Fsp3) is 0.160. The Kier molecular flexibility index (Phi) is 4.75. The molecule has 154 valence electrons. The number of ether oxygens (including phenoxy) is 1. The summed E-state index contributed by atoms with van der Waals surface area (Å²) >= 11 is 0. The van der Waals surface area contributed by atoms with Crippen LogP contribution < -0.4 is 10.2 Å². The van der Waals surface area contributed by atoms with Gasteiger partial charge >= 0.3 is 0 Å². The zero-order valence-electron chi connectivity index (χ0n) is 16.9. The lowest BCUT2D eigenvalue weighted by Gasteiger charge is -2.25. The molecule has 5 rings (SSSR count). The van der Waals surface area contributed by atoms with Gasteiger partial charge in [0.25, 0.3) is 5.91 Å². The van der Waals surface area contributed by atoms with Gasteiger partial charge in [-0.05, 0) is 48.4 Å². The van der Waals surface area contributed by atoms with E-state index in [4.69, 9.17) is 9.15 Å².